The van der Waals surface area contributed by atoms with Gasteiger partial charge in [-0.3, -0.25) is 0 Å². The van der Waals surface area contributed by atoms with Gasteiger partial charge in [-0.1, -0.05) is 97.1 Å². The average molecular weight is 793 g/mol. The fraction of sp³-hybridized carbons (Fsp3) is 0.0741. The van der Waals surface area contributed by atoms with Gasteiger partial charge in [0.25, 0.3) is 0 Å². The van der Waals surface area contributed by atoms with E-state index >= 15 is 0 Å². The van der Waals surface area contributed by atoms with E-state index in [-0.39, 0.29) is 0 Å². The molecule has 0 aliphatic heterocycles. The van der Waals surface area contributed by atoms with Crippen molar-refractivity contribution in [2.45, 2.75) is 26.2 Å². The lowest BCUT2D eigenvalue weighted by atomic mass is 9.86. The van der Waals surface area contributed by atoms with Gasteiger partial charge in [-0.15, -0.1) is 0 Å². The second-order valence-electron chi connectivity index (χ2n) is 16.4. The van der Waals surface area contributed by atoms with Gasteiger partial charge in [0.15, 0.2) is 0 Å². The Bertz CT molecular complexity index is 3530. The monoisotopic (exact) mass is 792 g/mol. The number of aryl methyl sites for hydroxylation is 2. The standard InChI is InChI=1S/C54H30F6/c1-27-19-37-35-9-5-3-7-31(35)23-39-43-25-42-41(47(51(43)45(21-27)49(37)39)29-11-15-33(16-12-29)53(55,56)57)26-44-40-24-32-8-4-6-10-36(32)38-20-28(2)22-46(50(38)40)52(44)48(42)30-13-17-34(18-14-30)54(58,59)60/h3-26H,1-2H3. The molecule has 0 heterocycles. The van der Waals surface area contributed by atoms with Crippen LogP contribution in [0.1, 0.15) is 22.3 Å². The Labute approximate surface area is 338 Å². The molecular weight excluding hydrogens is 763 g/mol. The fourth-order valence-electron chi connectivity index (χ4n) is 10.4. The van der Waals surface area contributed by atoms with Crippen LogP contribution in [0.4, 0.5) is 26.3 Å². The van der Waals surface area contributed by atoms with Crippen LogP contribution in [0.3, 0.4) is 0 Å². The maximum absolute atomic E-state index is 14.1. The minimum absolute atomic E-state index is 0.616. The fourth-order valence-corrected chi connectivity index (χ4v) is 10.4. The minimum atomic E-state index is -4.53. The van der Waals surface area contributed by atoms with Gasteiger partial charge in [-0.2, -0.15) is 26.3 Å². The number of rotatable bonds is 2. The van der Waals surface area contributed by atoms with Crippen molar-refractivity contribution in [3.63, 3.8) is 0 Å². The number of hydrogen-bond donors (Lipinski definition) is 0. The van der Waals surface area contributed by atoms with Crippen LogP contribution in [0, 0.1) is 13.8 Å². The van der Waals surface area contributed by atoms with Gasteiger partial charge in [0.05, 0.1) is 11.1 Å². The highest BCUT2D eigenvalue weighted by Crippen LogP contribution is 2.54. The summed E-state index contributed by atoms with van der Waals surface area (Å²) < 4.78 is 84.6. The molecule has 0 unspecified atom stereocenters. The Morgan fingerprint density at radius 3 is 1.02 bits per heavy atom. The van der Waals surface area contributed by atoms with Gasteiger partial charge in [0.2, 0.25) is 0 Å². The van der Waals surface area contributed by atoms with Crippen LogP contribution in [0.15, 0.2) is 146 Å². The molecule has 0 saturated carbocycles. The molecule has 12 aromatic rings. The molecule has 0 saturated heterocycles. The molecule has 0 atom stereocenters. The average Bonchev–Trinajstić information content (AvgIpc) is 3.70. The molecule has 0 aliphatic rings. The number of halogens is 6. The Kier molecular flexibility index (Phi) is 6.93. The number of benzene rings is 10. The van der Waals surface area contributed by atoms with Crippen LogP contribution in [0.2, 0.25) is 0 Å². The first-order valence-electron chi connectivity index (χ1n) is 19.8. The lowest BCUT2D eigenvalue weighted by Gasteiger charge is -2.17. The van der Waals surface area contributed by atoms with Crippen LogP contribution in [0.5, 0.6) is 0 Å². The van der Waals surface area contributed by atoms with E-state index in [2.05, 4.69) is 86.6 Å². The third-order valence-electron chi connectivity index (χ3n) is 12.8. The normalized spacial score (nSPS) is 13.0. The summed E-state index contributed by atoms with van der Waals surface area (Å²) in [5.41, 5.74) is 3.41. The van der Waals surface area contributed by atoms with E-state index in [0.29, 0.717) is 11.1 Å². The lowest BCUT2D eigenvalue weighted by Crippen LogP contribution is -2.04. The number of hydrogen-bond acceptors (Lipinski definition) is 0. The Balaban J connectivity index is 1.37. The maximum atomic E-state index is 14.1. The summed E-state index contributed by atoms with van der Waals surface area (Å²) in [4.78, 5) is 0. The quantitative estimate of drug-likeness (QED) is 0.121. The summed E-state index contributed by atoms with van der Waals surface area (Å²) in [7, 11) is 0. The first-order valence-corrected chi connectivity index (χ1v) is 19.8. The van der Waals surface area contributed by atoms with Crippen LogP contribution in [-0.2, 0) is 12.4 Å². The molecular formula is C54H30F6. The molecule has 0 bridgehead atoms. The van der Waals surface area contributed by atoms with Crippen LogP contribution < -0.4 is 0 Å². The third kappa shape index (κ3) is 4.82. The van der Waals surface area contributed by atoms with Crippen molar-refractivity contribution in [2.24, 2.45) is 0 Å². The summed E-state index contributed by atoms with van der Waals surface area (Å²) in [5, 5.41) is 18.0. The van der Waals surface area contributed by atoms with E-state index in [9.17, 15) is 26.3 Å². The van der Waals surface area contributed by atoms with Gasteiger partial charge in [-0.05, 0) is 193 Å². The van der Waals surface area contributed by atoms with E-state index < -0.39 is 23.5 Å². The van der Waals surface area contributed by atoms with Crippen molar-refractivity contribution in [1.82, 2.24) is 0 Å². The van der Waals surface area contributed by atoms with Crippen LogP contribution in [0.25, 0.3) is 119 Å². The van der Waals surface area contributed by atoms with Crippen LogP contribution in [-0.4, -0.2) is 0 Å². The highest BCUT2D eigenvalue weighted by Gasteiger charge is 2.32. The molecule has 288 valence electrons. The molecule has 12 aromatic carbocycles. The van der Waals surface area contributed by atoms with Crippen LogP contribution >= 0.6 is 0 Å². The largest absolute Gasteiger partial charge is 0.416 e. The van der Waals surface area contributed by atoms with Crippen molar-refractivity contribution < 1.29 is 26.3 Å². The minimum Gasteiger partial charge on any atom is -0.166 e. The summed E-state index contributed by atoms with van der Waals surface area (Å²) in [6.45, 7) is 4.13. The molecule has 6 heteroatoms. The predicted molar refractivity (Wildman–Crippen MR) is 237 cm³/mol. The smallest absolute Gasteiger partial charge is 0.166 e. The molecule has 60 heavy (non-hydrogen) atoms. The Hall–Kier alpha value is -6.92. The zero-order valence-electron chi connectivity index (χ0n) is 32.1. The molecule has 0 aliphatic carbocycles. The van der Waals surface area contributed by atoms with E-state index in [1.807, 2.05) is 24.3 Å². The van der Waals surface area contributed by atoms with Gasteiger partial charge >= 0.3 is 12.4 Å². The summed E-state index contributed by atoms with van der Waals surface area (Å²) in [5.74, 6) is 0. The van der Waals surface area contributed by atoms with Gasteiger partial charge in [0.1, 0.15) is 0 Å². The summed E-state index contributed by atoms with van der Waals surface area (Å²) in [6, 6.07) is 44.7. The van der Waals surface area contributed by atoms with Gasteiger partial charge < -0.3 is 0 Å². The first kappa shape index (κ1) is 35.1. The molecule has 0 aromatic heterocycles. The maximum Gasteiger partial charge on any atom is 0.416 e. The van der Waals surface area contributed by atoms with Crippen molar-refractivity contribution in [3.8, 4) is 22.3 Å². The molecule has 0 spiro atoms. The highest BCUT2D eigenvalue weighted by atomic mass is 19.4. The van der Waals surface area contributed by atoms with Crippen molar-refractivity contribution in [2.75, 3.05) is 0 Å². The van der Waals surface area contributed by atoms with Crippen molar-refractivity contribution in [3.05, 3.63) is 168 Å². The third-order valence-corrected chi connectivity index (χ3v) is 12.8. The lowest BCUT2D eigenvalue weighted by molar-refractivity contribution is -0.138. The van der Waals surface area contributed by atoms with E-state index in [1.165, 1.54) is 0 Å². The van der Waals surface area contributed by atoms with Gasteiger partial charge in [-0.25, -0.2) is 0 Å². The number of fused-ring (bicyclic) bond motifs is 11. The van der Waals surface area contributed by atoms with E-state index in [4.69, 9.17) is 0 Å². The Morgan fingerprint density at radius 1 is 0.300 bits per heavy atom. The van der Waals surface area contributed by atoms with Crippen molar-refractivity contribution >= 4 is 97.0 Å². The first-order chi connectivity index (χ1) is 28.8. The molecule has 0 nitrogen and oxygen atoms in total. The molecule has 0 fully saturated rings. The van der Waals surface area contributed by atoms with Crippen molar-refractivity contribution in [1.29, 1.82) is 0 Å². The molecule has 0 amide bonds. The SMILES string of the molecule is Cc1cc2c3ccccc3cc3c4cc5c(-c6ccc(C(F)(F)F)cc6)c6c(cc5c(-c5ccc(C(F)(F)F)cc5)c4c(c1)c23)c1cc2ccccc2c2cc(C)cc6c21. The molecule has 0 radical (unpaired) electrons. The second kappa shape index (κ2) is 11.9. The molecule has 0 N–H and O–H groups in total. The zero-order valence-corrected chi connectivity index (χ0v) is 32.1. The highest BCUT2D eigenvalue weighted by molar-refractivity contribution is 6.43. The summed E-state index contributed by atoms with van der Waals surface area (Å²) >= 11 is 0. The Morgan fingerprint density at radius 2 is 0.633 bits per heavy atom. The molecule has 12 rings (SSSR count). The predicted octanol–water partition coefficient (Wildman–Crippen LogP) is 16.9. The van der Waals surface area contributed by atoms with E-state index in [1.54, 1.807) is 24.3 Å². The number of alkyl halides is 6. The van der Waals surface area contributed by atoms with Gasteiger partial charge in [0, 0.05) is 0 Å². The zero-order chi connectivity index (χ0) is 41.0. The summed E-state index contributed by atoms with van der Waals surface area (Å²) in [6.07, 6.45) is -9.06. The topological polar surface area (TPSA) is 0 Å². The second-order valence-corrected chi connectivity index (χ2v) is 16.4. The van der Waals surface area contributed by atoms with E-state index in [0.717, 1.165) is 143 Å².